The van der Waals surface area contributed by atoms with Crippen LogP contribution >= 0.6 is 0 Å². The fourth-order valence-electron chi connectivity index (χ4n) is 2.43. The van der Waals surface area contributed by atoms with Gasteiger partial charge in [-0.1, -0.05) is 25.1 Å². The number of aryl methyl sites for hydroxylation is 1. The number of benzene rings is 1. The van der Waals surface area contributed by atoms with Crippen molar-refractivity contribution in [2.75, 3.05) is 0 Å². The summed E-state index contributed by atoms with van der Waals surface area (Å²) in [6, 6.07) is 8.19. The van der Waals surface area contributed by atoms with E-state index >= 15 is 0 Å². The minimum atomic E-state index is 0.678. The van der Waals surface area contributed by atoms with Crippen LogP contribution in [0.1, 0.15) is 25.1 Å². The lowest BCUT2D eigenvalue weighted by Gasteiger charge is -2.17. The van der Waals surface area contributed by atoms with Crippen LogP contribution in [0.2, 0.25) is 0 Å². The summed E-state index contributed by atoms with van der Waals surface area (Å²) in [5.74, 6) is 0. The zero-order chi connectivity index (χ0) is 11.7. The van der Waals surface area contributed by atoms with Gasteiger partial charge in [-0.25, -0.2) is 0 Å². The zero-order valence-electron chi connectivity index (χ0n) is 10.2. The van der Waals surface area contributed by atoms with E-state index in [9.17, 15) is 0 Å². The molecular formula is C14H18N2. The molecule has 0 atom stereocenters. The van der Waals surface area contributed by atoms with Crippen LogP contribution in [-0.4, -0.2) is 4.57 Å². The van der Waals surface area contributed by atoms with E-state index in [1.54, 1.807) is 0 Å². The van der Waals surface area contributed by atoms with E-state index in [0.717, 1.165) is 23.9 Å². The Morgan fingerprint density at radius 2 is 1.88 bits per heavy atom. The fourth-order valence-corrected chi connectivity index (χ4v) is 2.43. The largest absolute Gasteiger partial charge is 0.345 e. The molecule has 0 unspecified atom stereocenters. The van der Waals surface area contributed by atoms with Crippen LogP contribution in [0.5, 0.6) is 0 Å². The molecule has 2 aromatic rings. The highest BCUT2D eigenvalue weighted by atomic mass is 15.0. The molecule has 0 bridgehead atoms. The third kappa shape index (κ3) is 1.45. The first-order valence-electron chi connectivity index (χ1n) is 5.86. The first-order chi connectivity index (χ1) is 7.70. The van der Waals surface area contributed by atoms with Gasteiger partial charge in [0.05, 0.1) is 10.9 Å². The van der Waals surface area contributed by atoms with Crippen molar-refractivity contribution in [3.05, 3.63) is 40.9 Å². The lowest BCUT2D eigenvalue weighted by atomic mass is 10.1. The van der Waals surface area contributed by atoms with Crippen LogP contribution in [0.15, 0.2) is 24.3 Å². The maximum Gasteiger partial charge on any atom is 0.0679 e. The minimum Gasteiger partial charge on any atom is -0.345 e. The van der Waals surface area contributed by atoms with E-state index in [4.69, 9.17) is 5.41 Å². The molecule has 0 saturated heterocycles. The summed E-state index contributed by atoms with van der Waals surface area (Å²) in [4.78, 5) is 0. The topological polar surface area (TPSA) is 28.8 Å². The van der Waals surface area contributed by atoms with E-state index in [-0.39, 0.29) is 0 Å². The average molecular weight is 214 g/mol. The number of nitrogens with zero attached hydrogens (tertiary/aromatic N) is 1. The number of para-hydroxylation sites is 1. The van der Waals surface area contributed by atoms with Crippen molar-refractivity contribution in [2.45, 2.75) is 33.7 Å². The van der Waals surface area contributed by atoms with Gasteiger partial charge in [0.2, 0.25) is 0 Å². The maximum absolute atomic E-state index is 8.19. The average Bonchev–Trinajstić information content (AvgIpc) is 2.33. The summed E-state index contributed by atoms with van der Waals surface area (Å²) in [6.45, 7) is 7.34. The smallest absolute Gasteiger partial charge is 0.0679 e. The van der Waals surface area contributed by atoms with Gasteiger partial charge in [-0.15, -0.1) is 0 Å². The van der Waals surface area contributed by atoms with Gasteiger partial charge >= 0.3 is 0 Å². The van der Waals surface area contributed by atoms with Crippen LogP contribution < -0.4 is 5.36 Å². The molecule has 0 radical (unpaired) electrons. The summed E-state index contributed by atoms with van der Waals surface area (Å²) < 4.78 is 2.32. The van der Waals surface area contributed by atoms with E-state index in [1.807, 2.05) is 18.2 Å². The molecule has 2 rings (SSSR count). The second kappa shape index (κ2) is 4.12. The van der Waals surface area contributed by atoms with Crippen molar-refractivity contribution in [3.8, 4) is 0 Å². The zero-order valence-corrected chi connectivity index (χ0v) is 10.2. The number of nitrogens with one attached hydrogen (secondary N) is 1. The van der Waals surface area contributed by atoms with Crippen molar-refractivity contribution in [2.24, 2.45) is 0 Å². The minimum absolute atomic E-state index is 0.678. The van der Waals surface area contributed by atoms with Gasteiger partial charge < -0.3 is 4.57 Å². The van der Waals surface area contributed by atoms with E-state index in [0.29, 0.717) is 5.36 Å². The van der Waals surface area contributed by atoms with Crippen molar-refractivity contribution >= 4 is 10.9 Å². The summed E-state index contributed by atoms with van der Waals surface area (Å²) in [5, 5.41) is 9.92. The Labute approximate surface area is 96.1 Å². The molecule has 0 spiro atoms. The van der Waals surface area contributed by atoms with E-state index in [1.165, 1.54) is 11.2 Å². The third-order valence-electron chi connectivity index (χ3n) is 3.25. The Balaban J connectivity index is 3.01. The van der Waals surface area contributed by atoms with Crippen molar-refractivity contribution in [1.82, 2.24) is 4.57 Å². The molecule has 16 heavy (non-hydrogen) atoms. The number of fused-ring (bicyclic) bond motifs is 1. The highest BCUT2D eigenvalue weighted by Gasteiger charge is 2.08. The van der Waals surface area contributed by atoms with Gasteiger partial charge in [-0.05, 0) is 31.9 Å². The number of hydrogen-bond acceptors (Lipinski definition) is 1. The second-order valence-corrected chi connectivity index (χ2v) is 4.06. The van der Waals surface area contributed by atoms with Crippen molar-refractivity contribution in [3.63, 3.8) is 0 Å². The SMILES string of the molecule is CCc1c(C)c(=N)c2ccccc2n1CC. The molecule has 2 heteroatoms. The summed E-state index contributed by atoms with van der Waals surface area (Å²) in [6.07, 6.45) is 0.983. The lowest BCUT2D eigenvalue weighted by Crippen LogP contribution is -2.17. The number of aromatic nitrogens is 1. The Morgan fingerprint density at radius 3 is 2.50 bits per heavy atom. The fraction of sp³-hybridized carbons (Fsp3) is 0.357. The molecule has 0 saturated carbocycles. The van der Waals surface area contributed by atoms with Crippen molar-refractivity contribution in [1.29, 1.82) is 5.41 Å². The Hall–Kier alpha value is -1.57. The van der Waals surface area contributed by atoms with Gasteiger partial charge in [-0.2, -0.15) is 0 Å². The Kier molecular flexibility index (Phi) is 2.82. The molecular weight excluding hydrogens is 196 g/mol. The number of hydrogen-bond donors (Lipinski definition) is 1. The van der Waals surface area contributed by atoms with Gasteiger partial charge in [0, 0.05) is 17.6 Å². The second-order valence-electron chi connectivity index (χ2n) is 4.06. The predicted octanol–water partition coefficient (Wildman–Crippen LogP) is 3.01. The summed E-state index contributed by atoms with van der Waals surface area (Å²) in [7, 11) is 0. The van der Waals surface area contributed by atoms with Crippen LogP contribution in [0.25, 0.3) is 10.9 Å². The summed E-state index contributed by atoms with van der Waals surface area (Å²) >= 11 is 0. The van der Waals surface area contributed by atoms with Crippen LogP contribution in [0.3, 0.4) is 0 Å². The Morgan fingerprint density at radius 1 is 1.19 bits per heavy atom. The number of pyridine rings is 1. The molecule has 0 aliphatic rings. The van der Waals surface area contributed by atoms with E-state index < -0.39 is 0 Å². The maximum atomic E-state index is 8.19. The monoisotopic (exact) mass is 214 g/mol. The Bertz CT molecular complexity index is 579. The van der Waals surface area contributed by atoms with Gasteiger partial charge in [0.15, 0.2) is 0 Å². The molecule has 1 aromatic carbocycles. The molecule has 0 aliphatic carbocycles. The molecule has 1 heterocycles. The molecule has 2 nitrogen and oxygen atoms in total. The number of rotatable bonds is 2. The van der Waals surface area contributed by atoms with Gasteiger partial charge in [-0.3, -0.25) is 5.41 Å². The van der Waals surface area contributed by atoms with E-state index in [2.05, 4.69) is 31.4 Å². The molecule has 84 valence electrons. The highest BCUT2D eigenvalue weighted by Crippen LogP contribution is 2.16. The lowest BCUT2D eigenvalue weighted by molar-refractivity contribution is 0.725. The molecule has 0 aliphatic heterocycles. The molecule has 1 aromatic heterocycles. The summed E-state index contributed by atoms with van der Waals surface area (Å²) in [5.41, 5.74) is 3.58. The third-order valence-corrected chi connectivity index (χ3v) is 3.25. The molecule has 0 amide bonds. The van der Waals surface area contributed by atoms with Crippen molar-refractivity contribution < 1.29 is 0 Å². The van der Waals surface area contributed by atoms with Gasteiger partial charge in [0.25, 0.3) is 0 Å². The molecule has 1 N–H and O–H groups in total. The van der Waals surface area contributed by atoms with Crippen LogP contribution in [-0.2, 0) is 13.0 Å². The van der Waals surface area contributed by atoms with Crippen LogP contribution in [0.4, 0.5) is 0 Å². The normalized spacial score (nSPS) is 10.9. The highest BCUT2D eigenvalue weighted by molar-refractivity contribution is 5.79. The first-order valence-corrected chi connectivity index (χ1v) is 5.86. The molecule has 0 fully saturated rings. The quantitative estimate of drug-likeness (QED) is 0.796. The standard InChI is InChI=1S/C14H18N2/c1-4-12-10(3)14(15)11-8-6-7-9-13(11)16(12)5-2/h6-9,15H,4-5H2,1-3H3. The first kappa shape index (κ1) is 10.9. The predicted molar refractivity (Wildman–Crippen MR) is 67.6 cm³/mol. The van der Waals surface area contributed by atoms with Crippen LogP contribution in [0, 0.1) is 12.3 Å². The van der Waals surface area contributed by atoms with Gasteiger partial charge in [0.1, 0.15) is 0 Å².